The van der Waals surface area contributed by atoms with E-state index in [1.54, 1.807) is 30.3 Å². The van der Waals surface area contributed by atoms with Gasteiger partial charge in [0.15, 0.2) is 0 Å². The fraction of sp³-hybridized carbons (Fsp3) is 0.351. The van der Waals surface area contributed by atoms with E-state index in [9.17, 15) is 29.0 Å². The van der Waals surface area contributed by atoms with Crippen molar-refractivity contribution in [3.8, 4) is 5.75 Å². The number of rotatable bonds is 13. The number of nitrogens with zero attached hydrogens (tertiary/aromatic N) is 1. The number of nitrogens with one attached hydrogen (secondary N) is 3. The second kappa shape index (κ2) is 15.9. The number of fused-ring (bicyclic) bond motifs is 3. The highest BCUT2D eigenvalue weighted by Gasteiger charge is 2.47. The minimum Gasteiger partial charge on any atom is -0.508 e. The number of aromatic hydroxyl groups is 1. The molecule has 1 aliphatic carbocycles. The van der Waals surface area contributed by atoms with E-state index in [2.05, 4.69) is 15.6 Å². The predicted molar refractivity (Wildman–Crippen MR) is 200 cm³/mol. The second-order valence-corrected chi connectivity index (χ2v) is 14.4. The fourth-order valence-corrected chi connectivity index (χ4v) is 7.50. The first kappa shape index (κ1) is 37.9. The minimum absolute atomic E-state index is 0.0129. The highest BCUT2D eigenvalue weighted by atomic mass is 35.5. The molecule has 0 saturated carbocycles. The van der Waals surface area contributed by atoms with Crippen molar-refractivity contribution >= 4 is 69.2 Å². The van der Waals surface area contributed by atoms with Gasteiger partial charge in [-0.3, -0.25) is 14.5 Å². The van der Waals surface area contributed by atoms with Gasteiger partial charge < -0.3 is 31.6 Å². The molecule has 0 fully saturated rings. The van der Waals surface area contributed by atoms with Crippen molar-refractivity contribution in [1.82, 2.24) is 20.5 Å². The van der Waals surface area contributed by atoms with Crippen molar-refractivity contribution in [3.05, 3.63) is 98.9 Å². The van der Waals surface area contributed by atoms with Crippen LogP contribution in [0.3, 0.4) is 0 Å². The number of carbonyl (C=O) groups excluding carboxylic acids is 2. The number of thiocarbonyl (C=S) groups is 1. The number of phenols is 1. The van der Waals surface area contributed by atoms with Crippen LogP contribution < -0.4 is 16.4 Å². The lowest BCUT2D eigenvalue weighted by atomic mass is 9.78. The molecule has 1 unspecified atom stereocenters. The van der Waals surface area contributed by atoms with Crippen molar-refractivity contribution in [2.75, 3.05) is 0 Å². The highest BCUT2D eigenvalue weighted by molar-refractivity contribution is 7.80. The number of benzene rings is 3. The molecule has 51 heavy (non-hydrogen) atoms. The summed E-state index contributed by atoms with van der Waals surface area (Å²) in [5.74, 6) is -1.96. The van der Waals surface area contributed by atoms with Crippen LogP contribution in [-0.2, 0) is 35.4 Å². The maximum Gasteiger partial charge on any atom is 0.408 e. The van der Waals surface area contributed by atoms with E-state index in [1.165, 1.54) is 30.3 Å². The molecule has 270 valence electrons. The van der Waals surface area contributed by atoms with Crippen LogP contribution in [0.1, 0.15) is 55.5 Å². The molecule has 0 aliphatic heterocycles. The molecule has 0 saturated heterocycles. The molecule has 4 aromatic rings. The molecular formula is C37H40Cl2FN5O5S. The maximum atomic E-state index is 14.8. The monoisotopic (exact) mass is 755 g/mol. The number of hydrogen-bond donors (Lipinski definition) is 6. The first-order chi connectivity index (χ1) is 24.2. The fourth-order valence-electron chi connectivity index (χ4n) is 6.67. The predicted octanol–water partition coefficient (Wildman–Crippen LogP) is 6.66. The van der Waals surface area contributed by atoms with Crippen LogP contribution in [-0.4, -0.2) is 60.6 Å². The number of carbonyl (C=O) groups is 3. The Bertz CT molecular complexity index is 1960. The Morgan fingerprint density at radius 1 is 1.14 bits per heavy atom. The molecule has 1 aromatic heterocycles. The van der Waals surface area contributed by atoms with Gasteiger partial charge in [-0.2, -0.15) is 0 Å². The topological polar surface area (TPSA) is 161 Å². The molecule has 3 aromatic carbocycles. The average Bonchev–Trinajstić information content (AvgIpc) is 3.45. The molecule has 10 nitrogen and oxygen atoms in total. The zero-order chi connectivity index (χ0) is 37.0. The van der Waals surface area contributed by atoms with E-state index in [0.29, 0.717) is 33.8 Å². The zero-order valence-electron chi connectivity index (χ0n) is 28.1. The minimum atomic E-state index is -1.58. The third-order valence-corrected chi connectivity index (χ3v) is 10.5. The van der Waals surface area contributed by atoms with Crippen LogP contribution in [0, 0.1) is 11.7 Å². The summed E-state index contributed by atoms with van der Waals surface area (Å²) in [4.78, 5) is 46.3. The van der Waals surface area contributed by atoms with Gasteiger partial charge in [0.2, 0.25) is 11.8 Å². The molecule has 5 rings (SSSR count). The number of amides is 3. The number of H-pyrrole nitrogens is 1. The van der Waals surface area contributed by atoms with E-state index >= 15 is 0 Å². The molecule has 0 bridgehead atoms. The number of phenolic OH excluding ortho intramolecular Hbond substituents is 1. The molecule has 3 amide bonds. The highest BCUT2D eigenvalue weighted by Crippen LogP contribution is 2.38. The van der Waals surface area contributed by atoms with Crippen LogP contribution >= 0.6 is 35.4 Å². The van der Waals surface area contributed by atoms with Crippen molar-refractivity contribution < 1.29 is 29.0 Å². The average molecular weight is 757 g/mol. The molecule has 0 spiro atoms. The van der Waals surface area contributed by atoms with Gasteiger partial charge in [0.25, 0.3) is 0 Å². The molecule has 14 heteroatoms. The van der Waals surface area contributed by atoms with Crippen LogP contribution in [0.2, 0.25) is 10.0 Å². The first-order valence-electron chi connectivity index (χ1n) is 16.6. The van der Waals surface area contributed by atoms with E-state index < -0.39 is 47.9 Å². The van der Waals surface area contributed by atoms with Gasteiger partial charge in [-0.25, -0.2) is 9.18 Å². The Balaban J connectivity index is 1.57. The van der Waals surface area contributed by atoms with E-state index in [1.807, 2.05) is 13.8 Å². The third kappa shape index (κ3) is 8.40. The maximum absolute atomic E-state index is 14.8. The standard InChI is InChI=1S/C37H40Cl2FN5O5S/c1-3-20(2)31(33(41)51)43-35(48)37(15-14-29-26(18-37)25-16-23(38)17-27(39)32(25)42-29)44-34(47)30(13-10-21-8-11-24(46)12-9-21)45(36(49)50)19-22-6-4-5-7-28(22)40/h4-9,11-12,16-17,20,30-31,42,46H,3,10,13-15,18-19H2,1-2H3,(H2,41,51)(H,43,48)(H,44,47)(H,49,50)/t20-,30-,31?,37+/m0/s1. The van der Waals surface area contributed by atoms with Crippen LogP contribution in [0.25, 0.3) is 10.9 Å². The van der Waals surface area contributed by atoms with E-state index in [0.717, 1.165) is 21.7 Å². The number of aromatic amines is 1. The lowest BCUT2D eigenvalue weighted by Gasteiger charge is -2.40. The summed E-state index contributed by atoms with van der Waals surface area (Å²) in [6, 6.07) is 13.4. The van der Waals surface area contributed by atoms with Crippen LogP contribution in [0.5, 0.6) is 5.75 Å². The van der Waals surface area contributed by atoms with Crippen molar-refractivity contribution in [2.45, 2.75) is 76.5 Å². The molecule has 1 aliphatic rings. The molecule has 7 N–H and O–H groups in total. The Morgan fingerprint density at radius 2 is 1.84 bits per heavy atom. The summed E-state index contributed by atoms with van der Waals surface area (Å²) in [7, 11) is 0. The zero-order valence-corrected chi connectivity index (χ0v) is 30.5. The summed E-state index contributed by atoms with van der Waals surface area (Å²) in [5, 5.41) is 27.7. The first-order valence-corrected chi connectivity index (χ1v) is 17.8. The molecule has 4 atom stereocenters. The summed E-state index contributed by atoms with van der Waals surface area (Å²) < 4.78 is 14.8. The van der Waals surface area contributed by atoms with Crippen LogP contribution in [0.15, 0.2) is 60.7 Å². The van der Waals surface area contributed by atoms with Gasteiger partial charge >= 0.3 is 6.09 Å². The van der Waals surface area contributed by atoms with Gasteiger partial charge in [-0.05, 0) is 73.1 Å². The van der Waals surface area contributed by atoms with Crippen LogP contribution in [0.4, 0.5) is 9.18 Å². The number of aryl methyl sites for hydroxylation is 2. The van der Waals surface area contributed by atoms with Gasteiger partial charge in [0.05, 0.1) is 28.1 Å². The normalized spacial score (nSPS) is 17.2. The Hall–Kier alpha value is -4.39. The summed E-state index contributed by atoms with van der Waals surface area (Å²) >= 11 is 18.3. The van der Waals surface area contributed by atoms with Gasteiger partial charge in [-0.15, -0.1) is 0 Å². The number of nitrogens with two attached hydrogens (primary N) is 1. The Morgan fingerprint density at radius 3 is 2.49 bits per heavy atom. The van der Waals surface area contributed by atoms with E-state index in [4.69, 9.17) is 41.2 Å². The lowest BCUT2D eigenvalue weighted by Crippen LogP contribution is -2.66. The SMILES string of the molecule is CC[C@H](C)C(NC(=O)[C@@]1(NC(=O)[C@H](CCc2ccc(O)cc2)N(Cc2ccccc2F)C(=O)O)CCc2[nH]c3c(Cl)cc(Cl)cc3c2C1)C(N)=S. The molecule has 1 heterocycles. The molecule has 0 radical (unpaired) electrons. The quantitative estimate of drug-likeness (QED) is 0.0832. The smallest absolute Gasteiger partial charge is 0.408 e. The van der Waals surface area contributed by atoms with Gasteiger partial charge in [-0.1, -0.05) is 86.0 Å². The second-order valence-electron chi connectivity index (χ2n) is 13.1. The third-order valence-electron chi connectivity index (χ3n) is 9.77. The van der Waals surface area contributed by atoms with Gasteiger partial charge in [0, 0.05) is 28.1 Å². The molecular weight excluding hydrogens is 716 g/mol. The summed E-state index contributed by atoms with van der Waals surface area (Å²) in [6.07, 6.45) is -0.0605. The number of carboxylic acid groups (broad SMARTS) is 1. The Kier molecular flexibility index (Phi) is 11.8. The van der Waals surface area contributed by atoms with Crippen molar-refractivity contribution in [3.63, 3.8) is 0 Å². The Labute approximate surface area is 310 Å². The summed E-state index contributed by atoms with van der Waals surface area (Å²) in [6.45, 7) is 3.43. The number of aromatic nitrogens is 1. The largest absolute Gasteiger partial charge is 0.508 e. The van der Waals surface area contributed by atoms with E-state index in [-0.39, 0.29) is 47.9 Å². The lowest BCUT2D eigenvalue weighted by molar-refractivity contribution is -0.137. The number of halogens is 3. The van der Waals surface area contributed by atoms with Crippen molar-refractivity contribution in [2.24, 2.45) is 11.7 Å². The van der Waals surface area contributed by atoms with Crippen molar-refractivity contribution in [1.29, 1.82) is 0 Å². The summed E-state index contributed by atoms with van der Waals surface area (Å²) in [5.41, 5.74) is 7.53. The van der Waals surface area contributed by atoms with Gasteiger partial charge in [0.1, 0.15) is 23.1 Å². The number of hydrogen-bond acceptors (Lipinski definition) is 5.